The molecular formula is C30H20BrNO4. The van der Waals surface area contributed by atoms with Gasteiger partial charge in [-0.25, -0.2) is 0 Å². The van der Waals surface area contributed by atoms with Crippen molar-refractivity contribution < 1.29 is 13.9 Å². The molecule has 0 saturated heterocycles. The Morgan fingerprint density at radius 2 is 1.61 bits per heavy atom. The number of carbonyl (C=O) groups excluding carboxylic acids is 1. The average molecular weight is 538 g/mol. The molecule has 1 amide bonds. The van der Waals surface area contributed by atoms with Gasteiger partial charge in [-0.05, 0) is 67.1 Å². The van der Waals surface area contributed by atoms with Crippen molar-refractivity contribution in [3.05, 3.63) is 134 Å². The molecule has 36 heavy (non-hydrogen) atoms. The van der Waals surface area contributed by atoms with Crippen LogP contribution in [0.15, 0.2) is 111 Å². The predicted octanol–water partition coefficient (Wildman–Crippen LogP) is 7.41. The summed E-state index contributed by atoms with van der Waals surface area (Å²) in [7, 11) is 0. The summed E-state index contributed by atoms with van der Waals surface area (Å²) in [5.74, 6) is 1.01. The fourth-order valence-corrected chi connectivity index (χ4v) is 5.05. The van der Waals surface area contributed by atoms with Gasteiger partial charge >= 0.3 is 0 Å². The Balaban J connectivity index is 1.56. The summed E-state index contributed by atoms with van der Waals surface area (Å²) in [6.45, 7) is 1.92. The first-order valence-electron chi connectivity index (χ1n) is 11.5. The zero-order valence-corrected chi connectivity index (χ0v) is 20.9. The van der Waals surface area contributed by atoms with Gasteiger partial charge < -0.3 is 9.15 Å². The van der Waals surface area contributed by atoms with E-state index in [-0.39, 0.29) is 17.1 Å². The Bertz CT molecular complexity index is 1690. The van der Waals surface area contributed by atoms with Crippen molar-refractivity contribution in [2.24, 2.45) is 0 Å². The number of ether oxygens (including phenoxy) is 1. The van der Waals surface area contributed by atoms with Gasteiger partial charge in [0.15, 0.2) is 5.43 Å². The zero-order valence-electron chi connectivity index (χ0n) is 19.3. The molecule has 0 aliphatic carbocycles. The third-order valence-corrected chi connectivity index (χ3v) is 6.76. The first-order chi connectivity index (χ1) is 17.5. The normalized spacial score (nSPS) is 14.8. The molecule has 0 N–H and O–H groups in total. The minimum absolute atomic E-state index is 0.0655. The predicted molar refractivity (Wildman–Crippen MR) is 143 cm³/mol. The van der Waals surface area contributed by atoms with Gasteiger partial charge in [0.05, 0.1) is 17.0 Å². The third-order valence-electron chi connectivity index (χ3n) is 6.26. The maximum Gasteiger partial charge on any atom is 0.295 e. The van der Waals surface area contributed by atoms with Crippen LogP contribution < -0.4 is 15.1 Å². The number of amides is 1. The number of benzene rings is 4. The van der Waals surface area contributed by atoms with Gasteiger partial charge in [0, 0.05) is 10.2 Å². The number of hydrogen-bond donors (Lipinski definition) is 0. The maximum absolute atomic E-state index is 13.8. The Labute approximate surface area is 215 Å². The first kappa shape index (κ1) is 22.3. The molecule has 0 radical (unpaired) electrons. The van der Waals surface area contributed by atoms with Gasteiger partial charge in [-0.3, -0.25) is 14.5 Å². The monoisotopic (exact) mass is 537 g/mol. The van der Waals surface area contributed by atoms with E-state index in [4.69, 9.17) is 9.15 Å². The van der Waals surface area contributed by atoms with E-state index in [0.717, 1.165) is 15.6 Å². The molecule has 1 aromatic heterocycles. The molecule has 5 aromatic rings. The molecule has 176 valence electrons. The Morgan fingerprint density at radius 3 is 2.42 bits per heavy atom. The third kappa shape index (κ3) is 3.80. The molecule has 5 nitrogen and oxygen atoms in total. The van der Waals surface area contributed by atoms with Crippen LogP contribution in [-0.4, -0.2) is 5.91 Å². The number of hydrogen-bond acceptors (Lipinski definition) is 4. The highest BCUT2D eigenvalue weighted by atomic mass is 79.9. The second-order valence-electron chi connectivity index (χ2n) is 8.72. The summed E-state index contributed by atoms with van der Waals surface area (Å²) in [6, 6.07) is 29.1. The van der Waals surface area contributed by atoms with Crippen LogP contribution in [0.1, 0.15) is 33.3 Å². The van der Waals surface area contributed by atoms with Crippen LogP contribution in [0.5, 0.6) is 11.5 Å². The summed E-state index contributed by atoms with van der Waals surface area (Å²) in [5.41, 5.74) is 2.86. The minimum atomic E-state index is -0.678. The van der Waals surface area contributed by atoms with Crippen LogP contribution in [-0.2, 0) is 0 Å². The Morgan fingerprint density at radius 1 is 0.833 bits per heavy atom. The topological polar surface area (TPSA) is 59.8 Å². The average Bonchev–Trinajstić information content (AvgIpc) is 3.18. The molecule has 0 spiro atoms. The smallest absolute Gasteiger partial charge is 0.295 e. The van der Waals surface area contributed by atoms with Gasteiger partial charge in [0.2, 0.25) is 5.76 Å². The lowest BCUT2D eigenvalue weighted by Gasteiger charge is -2.25. The molecule has 4 aromatic carbocycles. The molecule has 6 heteroatoms. The molecule has 1 aliphatic rings. The van der Waals surface area contributed by atoms with Gasteiger partial charge in [-0.2, -0.15) is 0 Å². The fourth-order valence-electron chi connectivity index (χ4n) is 4.67. The lowest BCUT2D eigenvalue weighted by molar-refractivity contribution is 0.0971. The Kier molecular flexibility index (Phi) is 5.46. The SMILES string of the molecule is Cc1ccc2oc3c(c(=O)c2c1)C(c1cccc(Oc2ccccc2)c1)N(c1cccc(Br)c1)C3=O. The van der Waals surface area contributed by atoms with E-state index >= 15 is 0 Å². The molecule has 0 fully saturated rings. The van der Waals surface area contributed by atoms with Gasteiger partial charge in [-0.15, -0.1) is 0 Å². The molecule has 6 rings (SSSR count). The number of fused-ring (bicyclic) bond motifs is 2. The molecule has 0 saturated carbocycles. The van der Waals surface area contributed by atoms with E-state index < -0.39 is 6.04 Å². The summed E-state index contributed by atoms with van der Waals surface area (Å²) >= 11 is 3.50. The second-order valence-corrected chi connectivity index (χ2v) is 9.63. The largest absolute Gasteiger partial charge is 0.457 e. The number of aryl methyl sites for hydroxylation is 1. The molecular weight excluding hydrogens is 518 g/mol. The minimum Gasteiger partial charge on any atom is -0.457 e. The highest BCUT2D eigenvalue weighted by Gasteiger charge is 2.43. The van der Waals surface area contributed by atoms with E-state index in [1.54, 1.807) is 17.0 Å². The van der Waals surface area contributed by atoms with Crippen molar-refractivity contribution in [1.82, 2.24) is 0 Å². The quantitative estimate of drug-likeness (QED) is 0.239. The van der Waals surface area contributed by atoms with E-state index in [2.05, 4.69) is 15.9 Å². The summed E-state index contributed by atoms with van der Waals surface area (Å²) in [6.07, 6.45) is 0. The zero-order chi connectivity index (χ0) is 24.8. The molecule has 1 aliphatic heterocycles. The van der Waals surface area contributed by atoms with Crippen molar-refractivity contribution in [1.29, 1.82) is 0 Å². The number of carbonyl (C=O) groups is 1. The standard InChI is InChI=1S/C30H20BrNO4/c1-18-13-14-25-24(15-18)28(33)26-27(19-7-5-12-23(16-19)35-22-10-3-2-4-11-22)32(30(34)29(26)36-25)21-9-6-8-20(31)17-21/h2-17,27H,1H3. The van der Waals surface area contributed by atoms with Crippen molar-refractivity contribution in [2.45, 2.75) is 13.0 Å². The van der Waals surface area contributed by atoms with E-state index in [1.807, 2.05) is 91.9 Å². The van der Waals surface area contributed by atoms with Crippen LogP contribution >= 0.6 is 15.9 Å². The molecule has 1 unspecified atom stereocenters. The number of para-hydroxylation sites is 1. The van der Waals surface area contributed by atoms with Crippen molar-refractivity contribution in [2.75, 3.05) is 4.90 Å². The summed E-state index contributed by atoms with van der Waals surface area (Å²) < 4.78 is 13.0. The molecule has 2 heterocycles. The summed E-state index contributed by atoms with van der Waals surface area (Å²) in [5, 5.41) is 0.458. The van der Waals surface area contributed by atoms with E-state index in [1.165, 1.54) is 0 Å². The van der Waals surface area contributed by atoms with E-state index in [0.29, 0.717) is 33.7 Å². The number of nitrogens with zero attached hydrogens (tertiary/aromatic N) is 1. The van der Waals surface area contributed by atoms with Gasteiger partial charge in [-0.1, -0.05) is 64.0 Å². The molecule has 0 bridgehead atoms. The van der Waals surface area contributed by atoms with Gasteiger partial charge in [0.1, 0.15) is 17.1 Å². The van der Waals surface area contributed by atoms with Crippen molar-refractivity contribution in [3.63, 3.8) is 0 Å². The Hall–Kier alpha value is -4.16. The van der Waals surface area contributed by atoms with Crippen LogP contribution in [0.4, 0.5) is 5.69 Å². The number of rotatable bonds is 4. The highest BCUT2D eigenvalue weighted by molar-refractivity contribution is 9.10. The fraction of sp³-hybridized carbons (Fsp3) is 0.0667. The second kappa shape index (κ2) is 8.81. The van der Waals surface area contributed by atoms with Crippen LogP contribution in [0.2, 0.25) is 0 Å². The van der Waals surface area contributed by atoms with Gasteiger partial charge in [0.25, 0.3) is 5.91 Å². The highest BCUT2D eigenvalue weighted by Crippen LogP contribution is 2.42. The lowest BCUT2D eigenvalue weighted by atomic mass is 9.97. The summed E-state index contributed by atoms with van der Waals surface area (Å²) in [4.78, 5) is 29.2. The lowest BCUT2D eigenvalue weighted by Crippen LogP contribution is -2.29. The van der Waals surface area contributed by atoms with E-state index in [9.17, 15) is 9.59 Å². The maximum atomic E-state index is 13.8. The van der Waals surface area contributed by atoms with Crippen LogP contribution in [0.25, 0.3) is 11.0 Å². The number of anilines is 1. The van der Waals surface area contributed by atoms with Crippen LogP contribution in [0.3, 0.4) is 0 Å². The van der Waals surface area contributed by atoms with Crippen molar-refractivity contribution in [3.8, 4) is 11.5 Å². The first-order valence-corrected chi connectivity index (χ1v) is 12.3. The molecule has 1 atom stereocenters. The number of halogens is 1. The van der Waals surface area contributed by atoms with Crippen molar-refractivity contribution >= 4 is 38.5 Å². The van der Waals surface area contributed by atoms with Crippen LogP contribution in [0, 0.1) is 6.92 Å².